The number of hydrogen-bond acceptors (Lipinski definition) is 2. The standard InChI is InChI=1S/C15H16N2O2/c1-11(18)9-10-14-12(2)16(3)17(15(14)19)13-7-5-4-6-8-13/h4-10H,1-3H3. The highest BCUT2D eigenvalue weighted by Crippen LogP contribution is 2.11. The first-order valence-corrected chi connectivity index (χ1v) is 6.05. The molecule has 2 rings (SSSR count). The Balaban J connectivity index is 2.63. The molecule has 98 valence electrons. The summed E-state index contributed by atoms with van der Waals surface area (Å²) in [6.07, 6.45) is 3.00. The molecule has 0 saturated carbocycles. The summed E-state index contributed by atoms with van der Waals surface area (Å²) in [6, 6.07) is 9.42. The zero-order valence-electron chi connectivity index (χ0n) is 11.3. The van der Waals surface area contributed by atoms with E-state index in [-0.39, 0.29) is 11.3 Å². The van der Waals surface area contributed by atoms with E-state index in [1.54, 1.807) is 15.4 Å². The highest BCUT2D eigenvalue weighted by atomic mass is 16.1. The van der Waals surface area contributed by atoms with Crippen molar-refractivity contribution in [2.24, 2.45) is 7.05 Å². The van der Waals surface area contributed by atoms with Gasteiger partial charge >= 0.3 is 0 Å². The molecule has 19 heavy (non-hydrogen) atoms. The van der Waals surface area contributed by atoms with Crippen LogP contribution in [0.3, 0.4) is 0 Å². The lowest BCUT2D eigenvalue weighted by atomic mass is 10.2. The van der Waals surface area contributed by atoms with Crippen LogP contribution in [0.1, 0.15) is 18.2 Å². The van der Waals surface area contributed by atoms with Crippen molar-refractivity contribution in [3.8, 4) is 5.69 Å². The fraction of sp³-hybridized carbons (Fsp3) is 0.200. The van der Waals surface area contributed by atoms with Gasteiger partial charge in [-0.15, -0.1) is 0 Å². The Labute approximate surface area is 111 Å². The number of ketones is 1. The van der Waals surface area contributed by atoms with Gasteiger partial charge in [0, 0.05) is 12.7 Å². The van der Waals surface area contributed by atoms with Crippen molar-refractivity contribution < 1.29 is 4.79 Å². The number of hydrogen-bond donors (Lipinski definition) is 0. The second kappa shape index (κ2) is 5.10. The van der Waals surface area contributed by atoms with Gasteiger partial charge in [-0.25, -0.2) is 4.68 Å². The van der Waals surface area contributed by atoms with E-state index in [0.29, 0.717) is 5.56 Å². The first kappa shape index (κ1) is 13.1. The van der Waals surface area contributed by atoms with Crippen molar-refractivity contribution in [3.05, 3.63) is 58.0 Å². The normalized spacial score (nSPS) is 11.1. The topological polar surface area (TPSA) is 44.0 Å². The maximum atomic E-state index is 12.4. The van der Waals surface area contributed by atoms with Crippen molar-refractivity contribution >= 4 is 11.9 Å². The number of para-hydroxylation sites is 1. The minimum absolute atomic E-state index is 0.0751. The Morgan fingerprint density at radius 1 is 1.21 bits per heavy atom. The summed E-state index contributed by atoms with van der Waals surface area (Å²) < 4.78 is 3.38. The van der Waals surface area contributed by atoms with Crippen molar-refractivity contribution in [3.63, 3.8) is 0 Å². The molecule has 0 spiro atoms. The lowest BCUT2D eigenvalue weighted by molar-refractivity contribution is -0.112. The molecule has 0 aliphatic rings. The summed E-state index contributed by atoms with van der Waals surface area (Å²) in [4.78, 5) is 23.4. The first-order valence-electron chi connectivity index (χ1n) is 6.05. The molecule has 0 radical (unpaired) electrons. The molecule has 0 N–H and O–H groups in total. The summed E-state index contributed by atoms with van der Waals surface area (Å²) in [6.45, 7) is 3.32. The minimum Gasteiger partial charge on any atom is -0.295 e. The Hall–Kier alpha value is -2.36. The van der Waals surface area contributed by atoms with Crippen molar-refractivity contribution in [1.82, 2.24) is 9.36 Å². The second-order valence-electron chi connectivity index (χ2n) is 4.42. The number of allylic oxidation sites excluding steroid dienone is 1. The van der Waals surface area contributed by atoms with Crippen LogP contribution in [-0.4, -0.2) is 15.1 Å². The van der Waals surface area contributed by atoms with E-state index in [2.05, 4.69) is 0 Å². The van der Waals surface area contributed by atoms with Crippen LogP contribution < -0.4 is 5.56 Å². The highest BCUT2D eigenvalue weighted by molar-refractivity contribution is 5.91. The van der Waals surface area contributed by atoms with Gasteiger partial charge in [-0.3, -0.25) is 14.3 Å². The van der Waals surface area contributed by atoms with Gasteiger partial charge < -0.3 is 0 Å². The van der Waals surface area contributed by atoms with Gasteiger partial charge in [-0.1, -0.05) is 18.2 Å². The molecule has 4 nitrogen and oxygen atoms in total. The van der Waals surface area contributed by atoms with Crippen molar-refractivity contribution in [1.29, 1.82) is 0 Å². The van der Waals surface area contributed by atoms with Crippen LogP contribution >= 0.6 is 0 Å². The Morgan fingerprint density at radius 3 is 2.42 bits per heavy atom. The van der Waals surface area contributed by atoms with E-state index < -0.39 is 0 Å². The van der Waals surface area contributed by atoms with Crippen LogP contribution in [0.4, 0.5) is 0 Å². The summed E-state index contributed by atoms with van der Waals surface area (Å²) in [5, 5.41) is 0. The predicted molar refractivity (Wildman–Crippen MR) is 75.5 cm³/mol. The lowest BCUT2D eigenvalue weighted by Gasteiger charge is -2.07. The number of carbonyl (C=O) groups excluding carboxylic acids is 1. The van der Waals surface area contributed by atoms with Gasteiger partial charge in [0.25, 0.3) is 5.56 Å². The molecule has 0 unspecified atom stereocenters. The van der Waals surface area contributed by atoms with E-state index in [1.807, 2.05) is 44.3 Å². The first-order chi connectivity index (χ1) is 9.02. The molecule has 0 amide bonds. The fourth-order valence-corrected chi connectivity index (χ4v) is 1.98. The van der Waals surface area contributed by atoms with Crippen LogP contribution in [-0.2, 0) is 11.8 Å². The predicted octanol–water partition coefficient (Wildman–Crippen LogP) is 2.09. The van der Waals surface area contributed by atoms with Gasteiger partial charge in [0.1, 0.15) is 0 Å². The molecule has 1 aromatic carbocycles. The molecule has 1 heterocycles. The average Bonchev–Trinajstić information content (AvgIpc) is 2.59. The van der Waals surface area contributed by atoms with Crippen molar-refractivity contribution in [2.75, 3.05) is 0 Å². The third kappa shape index (κ3) is 2.42. The Bertz CT molecular complexity index is 691. The minimum atomic E-state index is -0.122. The summed E-state index contributed by atoms with van der Waals surface area (Å²) >= 11 is 0. The summed E-state index contributed by atoms with van der Waals surface area (Å²) in [7, 11) is 1.83. The molecule has 0 aliphatic heterocycles. The molecule has 2 aromatic rings. The third-order valence-corrected chi connectivity index (χ3v) is 3.08. The summed E-state index contributed by atoms with van der Waals surface area (Å²) in [5.41, 5.74) is 2.05. The van der Waals surface area contributed by atoms with Crippen LogP contribution in [0.15, 0.2) is 41.2 Å². The zero-order valence-corrected chi connectivity index (χ0v) is 11.3. The van der Waals surface area contributed by atoms with Crippen LogP contribution in [0, 0.1) is 6.92 Å². The molecule has 0 aliphatic carbocycles. The maximum Gasteiger partial charge on any atom is 0.278 e. The molecule has 0 atom stereocenters. The van der Waals surface area contributed by atoms with Gasteiger partial charge in [-0.2, -0.15) is 0 Å². The summed E-state index contributed by atoms with van der Waals surface area (Å²) in [5.74, 6) is -0.0751. The van der Waals surface area contributed by atoms with Gasteiger partial charge in [0.05, 0.1) is 11.3 Å². The monoisotopic (exact) mass is 256 g/mol. The van der Waals surface area contributed by atoms with Crippen LogP contribution in [0.25, 0.3) is 11.8 Å². The number of rotatable bonds is 3. The van der Waals surface area contributed by atoms with Gasteiger partial charge in [0.15, 0.2) is 5.78 Å². The SMILES string of the molecule is CC(=O)C=Cc1c(C)n(C)n(-c2ccccc2)c1=O. The molecule has 0 saturated heterocycles. The number of benzene rings is 1. The third-order valence-electron chi connectivity index (χ3n) is 3.08. The van der Waals surface area contributed by atoms with Crippen LogP contribution in [0.5, 0.6) is 0 Å². The maximum absolute atomic E-state index is 12.4. The zero-order chi connectivity index (χ0) is 14.0. The fourth-order valence-electron chi connectivity index (χ4n) is 1.98. The average molecular weight is 256 g/mol. The molecule has 0 fully saturated rings. The molecular weight excluding hydrogens is 240 g/mol. The van der Waals surface area contributed by atoms with E-state index in [0.717, 1.165) is 11.4 Å². The van der Waals surface area contributed by atoms with Crippen LogP contribution in [0.2, 0.25) is 0 Å². The quantitative estimate of drug-likeness (QED) is 0.789. The largest absolute Gasteiger partial charge is 0.295 e. The Kier molecular flexibility index (Phi) is 3.51. The lowest BCUT2D eigenvalue weighted by Crippen LogP contribution is -2.20. The molecular formula is C15H16N2O2. The number of nitrogens with zero attached hydrogens (tertiary/aromatic N) is 2. The van der Waals surface area contributed by atoms with E-state index in [1.165, 1.54) is 13.0 Å². The van der Waals surface area contributed by atoms with Crippen molar-refractivity contribution in [2.45, 2.75) is 13.8 Å². The number of carbonyl (C=O) groups is 1. The Morgan fingerprint density at radius 2 is 1.84 bits per heavy atom. The van der Waals surface area contributed by atoms with Gasteiger partial charge in [-0.05, 0) is 38.1 Å². The number of aromatic nitrogens is 2. The molecule has 1 aromatic heterocycles. The molecule has 4 heteroatoms. The van der Waals surface area contributed by atoms with E-state index >= 15 is 0 Å². The second-order valence-corrected chi connectivity index (χ2v) is 4.42. The highest BCUT2D eigenvalue weighted by Gasteiger charge is 2.13. The smallest absolute Gasteiger partial charge is 0.278 e. The van der Waals surface area contributed by atoms with Gasteiger partial charge in [0.2, 0.25) is 0 Å². The van der Waals surface area contributed by atoms with E-state index in [4.69, 9.17) is 0 Å². The van der Waals surface area contributed by atoms with E-state index in [9.17, 15) is 9.59 Å². The molecule has 0 bridgehead atoms.